The molecule has 2 atom stereocenters. The van der Waals surface area contributed by atoms with E-state index in [9.17, 15) is 4.79 Å². The molecule has 0 unspecified atom stereocenters. The van der Waals surface area contributed by atoms with Crippen molar-refractivity contribution in [1.82, 2.24) is 14.8 Å². The Bertz CT molecular complexity index is 844. The number of ketones is 1. The number of carbonyl (C=O) groups excluding carboxylic acids is 1. The van der Waals surface area contributed by atoms with Crippen LogP contribution in [-0.2, 0) is 4.79 Å². The molecule has 7 heteroatoms. The second kappa shape index (κ2) is 7.15. The topological polar surface area (TPSA) is 69.0 Å². The zero-order valence-electron chi connectivity index (χ0n) is 14.9. The molecular weight excluding hydrogens is 348 g/mol. The van der Waals surface area contributed by atoms with Gasteiger partial charge in [0.15, 0.2) is 0 Å². The van der Waals surface area contributed by atoms with Crippen molar-refractivity contribution in [3.63, 3.8) is 0 Å². The molecule has 0 amide bonds. The van der Waals surface area contributed by atoms with E-state index < -0.39 is 0 Å². The van der Waals surface area contributed by atoms with Crippen molar-refractivity contribution < 1.29 is 9.53 Å². The van der Waals surface area contributed by atoms with Gasteiger partial charge < -0.3 is 10.1 Å². The number of hydrogen-bond acceptors (Lipinski definition) is 6. The number of fused-ring (bicyclic) bond motifs is 2. The highest BCUT2D eigenvalue weighted by atomic mass is 32.2. The lowest BCUT2D eigenvalue weighted by atomic mass is 9.81. The first-order valence-electron chi connectivity index (χ1n) is 9.03. The van der Waals surface area contributed by atoms with Crippen molar-refractivity contribution in [1.29, 1.82) is 0 Å². The maximum atomic E-state index is 12.8. The van der Waals surface area contributed by atoms with E-state index in [0.29, 0.717) is 19.0 Å². The Morgan fingerprint density at radius 1 is 1.31 bits per heavy atom. The maximum absolute atomic E-state index is 12.8. The smallest absolute Gasteiger partial charge is 0.227 e. The number of nitrogens with zero attached hydrogens (tertiary/aromatic N) is 3. The number of nitrogens with one attached hydrogen (secondary N) is 1. The molecule has 0 bridgehead atoms. The SMILES string of the molecule is CCOc1ccc([C@H]2[C@@H]3C(=O)CCC=C3Nc3nc(SCC)nn32)cc1. The number of aromatic nitrogens is 3. The first-order valence-corrected chi connectivity index (χ1v) is 10.0. The van der Waals surface area contributed by atoms with Gasteiger partial charge in [0.05, 0.1) is 18.6 Å². The molecule has 136 valence electrons. The molecule has 1 aliphatic carbocycles. The van der Waals surface area contributed by atoms with E-state index >= 15 is 0 Å². The largest absolute Gasteiger partial charge is 0.494 e. The van der Waals surface area contributed by atoms with E-state index in [4.69, 9.17) is 4.74 Å². The summed E-state index contributed by atoms with van der Waals surface area (Å²) in [6.07, 6.45) is 3.47. The summed E-state index contributed by atoms with van der Waals surface area (Å²) in [4.78, 5) is 17.4. The summed E-state index contributed by atoms with van der Waals surface area (Å²) < 4.78 is 7.43. The second-order valence-corrected chi connectivity index (χ2v) is 7.54. The van der Waals surface area contributed by atoms with Crippen molar-refractivity contribution in [3.05, 3.63) is 41.6 Å². The summed E-state index contributed by atoms with van der Waals surface area (Å²) in [6.45, 7) is 4.67. The van der Waals surface area contributed by atoms with Crippen molar-refractivity contribution in [2.75, 3.05) is 17.7 Å². The minimum Gasteiger partial charge on any atom is -0.494 e. The van der Waals surface area contributed by atoms with Gasteiger partial charge in [-0.15, -0.1) is 5.10 Å². The molecule has 0 saturated heterocycles. The monoisotopic (exact) mass is 370 g/mol. The first-order chi connectivity index (χ1) is 12.7. The summed E-state index contributed by atoms with van der Waals surface area (Å²) in [5, 5.41) is 8.74. The Balaban J connectivity index is 1.79. The fourth-order valence-corrected chi connectivity index (χ4v) is 4.16. The molecule has 1 aromatic carbocycles. The van der Waals surface area contributed by atoms with Gasteiger partial charge in [0.2, 0.25) is 11.1 Å². The Morgan fingerprint density at radius 3 is 2.85 bits per heavy atom. The van der Waals surface area contributed by atoms with Crippen molar-refractivity contribution in [3.8, 4) is 5.75 Å². The zero-order valence-corrected chi connectivity index (χ0v) is 15.8. The molecule has 4 rings (SSSR count). The Hall–Kier alpha value is -2.28. The van der Waals surface area contributed by atoms with E-state index in [1.165, 1.54) is 0 Å². The van der Waals surface area contributed by atoms with Gasteiger partial charge in [0.1, 0.15) is 11.5 Å². The van der Waals surface area contributed by atoms with Gasteiger partial charge in [-0.2, -0.15) is 4.98 Å². The molecule has 1 N–H and O–H groups in total. The second-order valence-electron chi connectivity index (χ2n) is 6.31. The van der Waals surface area contributed by atoms with E-state index in [1.54, 1.807) is 11.8 Å². The van der Waals surface area contributed by atoms with E-state index in [0.717, 1.165) is 34.3 Å². The lowest BCUT2D eigenvalue weighted by molar-refractivity contribution is -0.123. The minimum atomic E-state index is -0.240. The summed E-state index contributed by atoms with van der Waals surface area (Å²) in [5.74, 6) is 2.45. The third kappa shape index (κ3) is 3.00. The number of anilines is 1. The van der Waals surface area contributed by atoms with Crippen LogP contribution in [0.15, 0.2) is 41.2 Å². The maximum Gasteiger partial charge on any atom is 0.227 e. The summed E-state index contributed by atoms with van der Waals surface area (Å²) in [6, 6.07) is 7.78. The number of ether oxygens (including phenoxy) is 1. The van der Waals surface area contributed by atoms with Crippen LogP contribution in [-0.4, -0.2) is 32.9 Å². The van der Waals surface area contributed by atoms with Crippen molar-refractivity contribution >= 4 is 23.5 Å². The highest BCUT2D eigenvalue weighted by molar-refractivity contribution is 7.99. The normalized spacial score (nSPS) is 21.5. The first kappa shape index (κ1) is 17.1. The minimum absolute atomic E-state index is 0.181. The van der Waals surface area contributed by atoms with Crippen LogP contribution in [0.3, 0.4) is 0 Å². The summed E-state index contributed by atoms with van der Waals surface area (Å²) >= 11 is 1.60. The van der Waals surface area contributed by atoms with E-state index in [2.05, 4.69) is 28.4 Å². The van der Waals surface area contributed by atoms with Gasteiger partial charge in [0, 0.05) is 12.1 Å². The number of allylic oxidation sites excluding steroid dienone is 2. The Kier molecular flexibility index (Phi) is 4.72. The van der Waals surface area contributed by atoms with Crippen LogP contribution in [0.5, 0.6) is 5.75 Å². The number of benzene rings is 1. The van der Waals surface area contributed by atoms with Gasteiger partial charge in [-0.3, -0.25) is 4.79 Å². The number of Topliss-reactive ketones (excluding diaryl/α,β-unsaturated/α-hetero) is 1. The van der Waals surface area contributed by atoms with Gasteiger partial charge in [0.25, 0.3) is 0 Å². The zero-order chi connectivity index (χ0) is 18.1. The molecule has 0 radical (unpaired) electrons. The lowest BCUT2D eigenvalue weighted by Gasteiger charge is -2.36. The molecule has 6 nitrogen and oxygen atoms in total. The fraction of sp³-hybridized carbons (Fsp3) is 0.421. The quantitative estimate of drug-likeness (QED) is 0.810. The van der Waals surface area contributed by atoms with Crippen LogP contribution in [0.2, 0.25) is 0 Å². The summed E-state index contributed by atoms with van der Waals surface area (Å²) in [7, 11) is 0. The molecule has 1 aromatic heterocycles. The average Bonchev–Trinajstić information content (AvgIpc) is 3.03. The lowest BCUT2D eigenvalue weighted by Crippen LogP contribution is -2.38. The van der Waals surface area contributed by atoms with Gasteiger partial charge in [-0.25, -0.2) is 4.68 Å². The van der Waals surface area contributed by atoms with E-state index in [1.807, 2.05) is 35.9 Å². The van der Waals surface area contributed by atoms with Crippen LogP contribution in [0.1, 0.15) is 38.3 Å². The number of rotatable bonds is 5. The molecule has 0 spiro atoms. The molecule has 2 aliphatic rings. The predicted molar refractivity (Wildman–Crippen MR) is 102 cm³/mol. The van der Waals surface area contributed by atoms with Crippen molar-refractivity contribution in [2.45, 2.75) is 37.9 Å². The number of hydrogen-bond donors (Lipinski definition) is 1. The van der Waals surface area contributed by atoms with Crippen molar-refractivity contribution in [2.24, 2.45) is 5.92 Å². The van der Waals surface area contributed by atoms with Gasteiger partial charge in [-0.05, 0) is 36.8 Å². The molecule has 1 aliphatic heterocycles. The van der Waals surface area contributed by atoms with Gasteiger partial charge in [-0.1, -0.05) is 36.9 Å². The van der Waals surface area contributed by atoms with Crippen LogP contribution < -0.4 is 10.1 Å². The van der Waals surface area contributed by atoms with Gasteiger partial charge >= 0.3 is 0 Å². The standard InChI is InChI=1S/C19H22N4O2S/c1-3-25-13-10-8-12(9-11-13)17-16-14(6-5-7-15(16)24)20-18-21-19(26-4-2)22-23(17)18/h6,8-11,16-17H,3-5,7H2,1-2H3,(H,20,21,22)/t16-,17-/m0/s1. The third-order valence-electron chi connectivity index (χ3n) is 4.69. The van der Waals surface area contributed by atoms with Crippen LogP contribution in [0, 0.1) is 5.92 Å². The average molecular weight is 370 g/mol. The molecule has 26 heavy (non-hydrogen) atoms. The Morgan fingerprint density at radius 2 is 2.12 bits per heavy atom. The van der Waals surface area contributed by atoms with Crippen LogP contribution in [0.25, 0.3) is 0 Å². The molecular formula is C19H22N4O2S. The fourth-order valence-electron chi connectivity index (χ4n) is 3.61. The van der Waals surface area contributed by atoms with Crippen LogP contribution in [0.4, 0.5) is 5.95 Å². The highest BCUT2D eigenvalue weighted by Gasteiger charge is 2.41. The molecule has 2 heterocycles. The molecule has 2 aromatic rings. The summed E-state index contributed by atoms with van der Waals surface area (Å²) in [5.41, 5.74) is 1.99. The number of carbonyl (C=O) groups is 1. The third-order valence-corrected chi connectivity index (χ3v) is 5.41. The number of thioether (sulfide) groups is 1. The predicted octanol–water partition coefficient (Wildman–Crippen LogP) is 3.67. The Labute approximate surface area is 157 Å². The highest BCUT2D eigenvalue weighted by Crippen LogP contribution is 2.42. The van der Waals surface area contributed by atoms with E-state index in [-0.39, 0.29) is 17.7 Å². The molecule has 0 saturated carbocycles. The van der Waals surface area contributed by atoms with Crippen LogP contribution >= 0.6 is 11.8 Å². The molecule has 0 fully saturated rings.